The molecule has 1 N–H and O–H groups in total. The molecule has 0 bridgehead atoms. The predicted octanol–water partition coefficient (Wildman–Crippen LogP) is 2.53. The van der Waals surface area contributed by atoms with Gasteiger partial charge in [-0.05, 0) is 45.2 Å². The highest BCUT2D eigenvalue weighted by Gasteiger charge is 2.08. The maximum atomic E-state index is 3.40. The van der Waals surface area contributed by atoms with Gasteiger partial charge < -0.3 is 10.2 Å². The van der Waals surface area contributed by atoms with E-state index in [2.05, 4.69) is 42.3 Å². The summed E-state index contributed by atoms with van der Waals surface area (Å²) < 4.78 is 0. The molecule has 1 aromatic carbocycles. The number of nitrogens with one attached hydrogen (secondary N) is 1. The van der Waals surface area contributed by atoms with Gasteiger partial charge in [0.05, 0.1) is 0 Å². The quantitative estimate of drug-likeness (QED) is 0.803. The number of unbranched alkanes of at least 4 members (excludes halogenated alkanes) is 1. The van der Waals surface area contributed by atoms with E-state index in [1.54, 1.807) is 0 Å². The Morgan fingerprint density at radius 2 is 1.67 bits per heavy atom. The number of hydrogen-bond donors (Lipinski definition) is 1. The molecule has 1 fully saturated rings. The highest BCUT2D eigenvalue weighted by Crippen LogP contribution is 2.12. The molecule has 0 atom stereocenters. The third kappa shape index (κ3) is 4.43. The topological polar surface area (TPSA) is 15.3 Å². The first-order valence-corrected chi connectivity index (χ1v) is 7.24. The molecule has 0 aromatic heterocycles. The van der Waals surface area contributed by atoms with Gasteiger partial charge in [-0.2, -0.15) is 0 Å². The highest BCUT2D eigenvalue weighted by molar-refractivity contribution is 5.28. The molecule has 100 valence electrons. The normalized spacial score (nSPS) is 17.0. The maximum absolute atomic E-state index is 3.40. The van der Waals surface area contributed by atoms with E-state index in [1.807, 2.05) is 0 Å². The van der Waals surface area contributed by atoms with Crippen molar-refractivity contribution in [2.24, 2.45) is 0 Å². The van der Waals surface area contributed by atoms with Crippen molar-refractivity contribution in [1.29, 1.82) is 0 Å². The lowest BCUT2D eigenvalue weighted by atomic mass is 10.0. The van der Waals surface area contributed by atoms with Gasteiger partial charge in [0.25, 0.3) is 0 Å². The van der Waals surface area contributed by atoms with Gasteiger partial charge in [-0.3, -0.25) is 0 Å². The molecule has 0 radical (unpaired) electrons. The third-order valence-electron chi connectivity index (χ3n) is 3.68. The molecule has 2 nitrogen and oxygen atoms in total. The fourth-order valence-corrected chi connectivity index (χ4v) is 2.81. The molecule has 1 heterocycles. The lowest BCUT2D eigenvalue weighted by Gasteiger charge is -2.27. The summed E-state index contributed by atoms with van der Waals surface area (Å²) in [5, 5.41) is 3.40. The van der Waals surface area contributed by atoms with E-state index in [1.165, 1.54) is 55.6 Å². The van der Waals surface area contributed by atoms with E-state index in [0.717, 1.165) is 13.1 Å². The van der Waals surface area contributed by atoms with Gasteiger partial charge in [0.15, 0.2) is 0 Å². The van der Waals surface area contributed by atoms with E-state index < -0.39 is 0 Å². The zero-order valence-corrected chi connectivity index (χ0v) is 11.8. The first kappa shape index (κ1) is 13.6. The van der Waals surface area contributed by atoms with Crippen LogP contribution in [0.5, 0.6) is 0 Å². The Morgan fingerprint density at radius 1 is 1.00 bits per heavy atom. The molecule has 1 aliphatic heterocycles. The smallest absolute Gasteiger partial charge is 0.0107 e. The molecule has 0 saturated carbocycles. The Hall–Kier alpha value is -0.860. The van der Waals surface area contributed by atoms with E-state index in [9.17, 15) is 0 Å². The van der Waals surface area contributed by atoms with Crippen molar-refractivity contribution < 1.29 is 0 Å². The standard InChI is InChI=1S/C16H26N2/c1-14-11-15(2)13-16(12-14)5-3-4-8-18-9-6-17-7-10-18/h11-13,17H,3-10H2,1-2H3. The second-order valence-electron chi connectivity index (χ2n) is 5.54. The van der Waals surface area contributed by atoms with Crippen LogP contribution in [0.1, 0.15) is 29.5 Å². The third-order valence-corrected chi connectivity index (χ3v) is 3.68. The van der Waals surface area contributed by atoms with Gasteiger partial charge in [0.1, 0.15) is 0 Å². The summed E-state index contributed by atoms with van der Waals surface area (Å²) in [4.78, 5) is 2.58. The molecular weight excluding hydrogens is 220 g/mol. The maximum Gasteiger partial charge on any atom is 0.0107 e. The Balaban J connectivity index is 1.68. The van der Waals surface area contributed by atoms with Gasteiger partial charge in [0.2, 0.25) is 0 Å². The van der Waals surface area contributed by atoms with Crippen LogP contribution in [0.25, 0.3) is 0 Å². The average Bonchev–Trinajstić information content (AvgIpc) is 2.35. The van der Waals surface area contributed by atoms with Crippen LogP contribution in [-0.4, -0.2) is 37.6 Å². The number of nitrogens with zero attached hydrogens (tertiary/aromatic N) is 1. The largest absolute Gasteiger partial charge is 0.314 e. The van der Waals surface area contributed by atoms with Crippen LogP contribution in [-0.2, 0) is 6.42 Å². The summed E-state index contributed by atoms with van der Waals surface area (Å²) in [5.74, 6) is 0. The monoisotopic (exact) mass is 246 g/mol. The summed E-state index contributed by atoms with van der Waals surface area (Å²) in [6.45, 7) is 10.4. The molecular formula is C16H26N2. The Labute approximate surface area is 111 Å². The highest BCUT2D eigenvalue weighted by atomic mass is 15.2. The van der Waals surface area contributed by atoms with E-state index in [4.69, 9.17) is 0 Å². The number of rotatable bonds is 5. The zero-order valence-electron chi connectivity index (χ0n) is 11.8. The minimum Gasteiger partial charge on any atom is -0.314 e. The van der Waals surface area contributed by atoms with Gasteiger partial charge >= 0.3 is 0 Å². The number of piperazine rings is 1. The molecule has 0 aliphatic carbocycles. The molecule has 18 heavy (non-hydrogen) atoms. The second-order valence-corrected chi connectivity index (χ2v) is 5.54. The lowest BCUT2D eigenvalue weighted by Crippen LogP contribution is -2.43. The molecule has 0 amide bonds. The Morgan fingerprint density at radius 3 is 2.33 bits per heavy atom. The molecule has 1 saturated heterocycles. The second kappa shape index (κ2) is 6.91. The fraction of sp³-hybridized carbons (Fsp3) is 0.625. The summed E-state index contributed by atoms with van der Waals surface area (Å²) in [6, 6.07) is 6.92. The molecule has 2 rings (SSSR count). The molecule has 0 unspecified atom stereocenters. The zero-order chi connectivity index (χ0) is 12.8. The van der Waals surface area contributed by atoms with Crippen molar-refractivity contribution in [3.63, 3.8) is 0 Å². The van der Waals surface area contributed by atoms with Crippen LogP contribution < -0.4 is 5.32 Å². The van der Waals surface area contributed by atoms with Gasteiger partial charge in [-0.25, -0.2) is 0 Å². The molecule has 2 heteroatoms. The van der Waals surface area contributed by atoms with Crippen molar-refractivity contribution in [1.82, 2.24) is 10.2 Å². The van der Waals surface area contributed by atoms with Gasteiger partial charge in [-0.1, -0.05) is 29.3 Å². The Bertz CT molecular complexity index is 347. The minimum absolute atomic E-state index is 1.16. The van der Waals surface area contributed by atoms with Crippen LogP contribution in [0.3, 0.4) is 0 Å². The van der Waals surface area contributed by atoms with E-state index >= 15 is 0 Å². The van der Waals surface area contributed by atoms with E-state index in [-0.39, 0.29) is 0 Å². The van der Waals surface area contributed by atoms with Gasteiger partial charge in [-0.15, -0.1) is 0 Å². The van der Waals surface area contributed by atoms with Crippen LogP contribution >= 0.6 is 0 Å². The lowest BCUT2D eigenvalue weighted by molar-refractivity contribution is 0.237. The van der Waals surface area contributed by atoms with Crippen LogP contribution in [0.15, 0.2) is 18.2 Å². The minimum atomic E-state index is 1.16. The predicted molar refractivity (Wildman–Crippen MR) is 78.2 cm³/mol. The first-order chi connectivity index (χ1) is 8.74. The SMILES string of the molecule is Cc1cc(C)cc(CCCCN2CCNCC2)c1. The van der Waals surface area contributed by atoms with Crippen molar-refractivity contribution >= 4 is 0 Å². The Kier molecular flexibility index (Phi) is 5.21. The van der Waals surface area contributed by atoms with Crippen molar-refractivity contribution in [3.8, 4) is 0 Å². The summed E-state index contributed by atoms with van der Waals surface area (Å²) in [6.07, 6.45) is 3.87. The first-order valence-electron chi connectivity index (χ1n) is 7.24. The fourth-order valence-electron chi connectivity index (χ4n) is 2.81. The average molecular weight is 246 g/mol. The summed E-state index contributed by atoms with van der Waals surface area (Å²) in [5.41, 5.74) is 4.30. The van der Waals surface area contributed by atoms with Crippen molar-refractivity contribution in [2.75, 3.05) is 32.7 Å². The van der Waals surface area contributed by atoms with Crippen LogP contribution in [0.2, 0.25) is 0 Å². The molecule has 1 aromatic rings. The van der Waals surface area contributed by atoms with Gasteiger partial charge in [0, 0.05) is 26.2 Å². The molecule has 0 spiro atoms. The number of hydrogen-bond acceptors (Lipinski definition) is 2. The molecule has 1 aliphatic rings. The van der Waals surface area contributed by atoms with Crippen LogP contribution in [0.4, 0.5) is 0 Å². The van der Waals surface area contributed by atoms with Crippen molar-refractivity contribution in [2.45, 2.75) is 33.1 Å². The van der Waals surface area contributed by atoms with Crippen LogP contribution in [0, 0.1) is 13.8 Å². The number of aryl methyl sites for hydroxylation is 3. The summed E-state index contributed by atoms with van der Waals surface area (Å²) in [7, 11) is 0. The number of benzene rings is 1. The van der Waals surface area contributed by atoms with E-state index in [0.29, 0.717) is 0 Å². The summed E-state index contributed by atoms with van der Waals surface area (Å²) >= 11 is 0. The van der Waals surface area contributed by atoms with Crippen molar-refractivity contribution in [3.05, 3.63) is 34.9 Å².